The molecular formula is C17H18F3N3OS. The summed E-state index contributed by atoms with van der Waals surface area (Å²) in [6.45, 7) is 1.82. The van der Waals surface area contributed by atoms with E-state index in [-0.39, 0.29) is 5.91 Å². The average Bonchev–Trinajstić information content (AvgIpc) is 3.19. The highest BCUT2D eigenvalue weighted by Gasteiger charge is 2.29. The van der Waals surface area contributed by atoms with Gasteiger partial charge in [0.25, 0.3) is 0 Å². The van der Waals surface area contributed by atoms with Crippen molar-refractivity contribution in [3.8, 4) is 0 Å². The van der Waals surface area contributed by atoms with Crippen molar-refractivity contribution in [1.29, 1.82) is 0 Å². The number of rotatable bonds is 5. The van der Waals surface area contributed by atoms with Crippen LogP contribution in [0.15, 0.2) is 30.5 Å². The molecule has 1 aliphatic rings. The van der Waals surface area contributed by atoms with Crippen molar-refractivity contribution in [2.24, 2.45) is 5.92 Å². The van der Waals surface area contributed by atoms with Crippen LogP contribution in [0.5, 0.6) is 0 Å². The third-order valence-electron chi connectivity index (χ3n) is 4.10. The zero-order valence-corrected chi connectivity index (χ0v) is 14.2. The van der Waals surface area contributed by atoms with Crippen molar-refractivity contribution >= 4 is 22.4 Å². The number of nitrogens with zero attached hydrogens (tertiary/aromatic N) is 1. The van der Waals surface area contributed by atoms with Crippen molar-refractivity contribution in [3.05, 3.63) is 46.5 Å². The molecule has 1 aromatic carbocycles. The second-order valence-electron chi connectivity index (χ2n) is 6.11. The molecular weight excluding hydrogens is 351 g/mol. The molecule has 1 amide bonds. The Morgan fingerprint density at radius 1 is 1.32 bits per heavy atom. The van der Waals surface area contributed by atoms with Crippen LogP contribution in [0.1, 0.15) is 28.8 Å². The highest BCUT2D eigenvalue weighted by atomic mass is 32.1. The number of hydrogen-bond acceptors (Lipinski definition) is 4. The van der Waals surface area contributed by atoms with Crippen LogP contribution in [0.3, 0.4) is 0 Å². The molecule has 8 heteroatoms. The van der Waals surface area contributed by atoms with Gasteiger partial charge in [0.1, 0.15) is 0 Å². The first-order valence-electron chi connectivity index (χ1n) is 8.01. The number of hydrogen-bond donors (Lipinski definition) is 2. The molecule has 0 spiro atoms. The Balaban J connectivity index is 1.55. The zero-order valence-electron chi connectivity index (χ0n) is 13.4. The van der Waals surface area contributed by atoms with Gasteiger partial charge in [-0.15, -0.1) is 11.3 Å². The number of carbonyl (C=O) groups excluding carboxylic acids is 1. The van der Waals surface area contributed by atoms with Gasteiger partial charge in [-0.1, -0.05) is 12.1 Å². The van der Waals surface area contributed by atoms with Crippen LogP contribution in [-0.2, 0) is 17.4 Å². The smallest absolute Gasteiger partial charge is 0.316 e. The number of halogens is 3. The molecule has 2 N–H and O–H groups in total. The van der Waals surface area contributed by atoms with Crippen molar-refractivity contribution in [2.75, 3.05) is 18.4 Å². The van der Waals surface area contributed by atoms with E-state index in [9.17, 15) is 18.0 Å². The highest BCUT2D eigenvalue weighted by molar-refractivity contribution is 7.15. The lowest BCUT2D eigenvalue weighted by Crippen LogP contribution is -2.18. The molecule has 134 valence electrons. The molecule has 4 nitrogen and oxygen atoms in total. The molecule has 1 aliphatic heterocycles. The van der Waals surface area contributed by atoms with Gasteiger partial charge in [-0.2, -0.15) is 13.2 Å². The van der Waals surface area contributed by atoms with Crippen molar-refractivity contribution in [2.45, 2.75) is 25.4 Å². The maximum absolute atomic E-state index is 12.6. The van der Waals surface area contributed by atoms with Crippen molar-refractivity contribution in [1.82, 2.24) is 10.3 Å². The Morgan fingerprint density at radius 3 is 2.72 bits per heavy atom. The molecule has 0 radical (unpaired) electrons. The lowest BCUT2D eigenvalue weighted by molar-refractivity contribution is -0.137. The number of benzene rings is 1. The first kappa shape index (κ1) is 17.9. The summed E-state index contributed by atoms with van der Waals surface area (Å²) in [5, 5.41) is 6.54. The molecule has 2 aromatic rings. The first-order chi connectivity index (χ1) is 11.9. The molecule has 1 saturated heterocycles. The van der Waals surface area contributed by atoms with Crippen molar-refractivity contribution < 1.29 is 18.0 Å². The standard InChI is InChI=1S/C17H18F3N3OS/c18-17(19,20)13-3-1-11(2-4-13)7-14-10-22-16(25-14)23-15(24)8-12-5-6-21-9-12/h1-4,10,12,21H,5-9H2,(H,22,23,24)/t12-/m0/s1. The number of carbonyl (C=O) groups is 1. The molecule has 0 saturated carbocycles. The monoisotopic (exact) mass is 369 g/mol. The number of thiazole rings is 1. The molecule has 1 atom stereocenters. The van der Waals surface area contributed by atoms with Gasteiger partial charge in [0.15, 0.2) is 5.13 Å². The van der Waals surface area contributed by atoms with E-state index in [0.717, 1.165) is 42.1 Å². The maximum Gasteiger partial charge on any atom is 0.416 e. The molecule has 1 aromatic heterocycles. The summed E-state index contributed by atoms with van der Waals surface area (Å²) in [5.41, 5.74) is 0.112. The molecule has 0 aliphatic carbocycles. The van der Waals surface area contributed by atoms with Crippen LogP contribution in [0.2, 0.25) is 0 Å². The van der Waals surface area contributed by atoms with E-state index in [0.29, 0.717) is 23.9 Å². The number of amides is 1. The summed E-state index contributed by atoms with van der Waals surface area (Å²) in [7, 11) is 0. The van der Waals surface area contributed by atoms with Gasteiger partial charge in [0.2, 0.25) is 5.91 Å². The summed E-state index contributed by atoms with van der Waals surface area (Å²) in [4.78, 5) is 17.1. The van der Waals surface area contributed by atoms with Gasteiger partial charge in [-0.3, -0.25) is 4.79 Å². The fourth-order valence-electron chi connectivity index (χ4n) is 2.78. The van der Waals surface area contributed by atoms with Crippen LogP contribution in [0.25, 0.3) is 0 Å². The Hall–Kier alpha value is -1.93. The minimum Gasteiger partial charge on any atom is -0.316 e. The fourth-order valence-corrected chi connectivity index (χ4v) is 3.64. The minimum absolute atomic E-state index is 0.0517. The van der Waals surface area contributed by atoms with Crippen LogP contribution in [-0.4, -0.2) is 24.0 Å². The lowest BCUT2D eigenvalue weighted by Gasteiger charge is -2.07. The van der Waals surface area contributed by atoms with Gasteiger partial charge in [-0.25, -0.2) is 4.98 Å². The Bertz CT molecular complexity index is 721. The van der Waals surface area contributed by atoms with Gasteiger partial charge in [0, 0.05) is 23.9 Å². The maximum atomic E-state index is 12.6. The Morgan fingerprint density at radius 2 is 2.08 bits per heavy atom. The molecule has 1 fully saturated rings. The van der Waals surface area contributed by atoms with Crippen molar-refractivity contribution in [3.63, 3.8) is 0 Å². The Labute approximate surface area is 147 Å². The van der Waals surface area contributed by atoms with Crippen LogP contribution >= 0.6 is 11.3 Å². The summed E-state index contributed by atoms with van der Waals surface area (Å²) in [6.07, 6.45) is -0.714. The van der Waals surface area contributed by atoms with E-state index in [2.05, 4.69) is 15.6 Å². The fraction of sp³-hybridized carbons (Fsp3) is 0.412. The predicted octanol–water partition coefficient (Wildman–Crippen LogP) is 3.69. The number of anilines is 1. The SMILES string of the molecule is O=C(C[C@@H]1CCNC1)Nc1ncc(Cc2ccc(C(F)(F)F)cc2)s1. The van der Waals surface area contributed by atoms with Gasteiger partial charge in [-0.05, 0) is 43.1 Å². The van der Waals surface area contributed by atoms with E-state index in [1.165, 1.54) is 23.5 Å². The third kappa shape index (κ3) is 5.02. The zero-order chi connectivity index (χ0) is 17.9. The number of aromatic nitrogens is 1. The third-order valence-corrected chi connectivity index (χ3v) is 5.01. The van der Waals surface area contributed by atoms with Crippen LogP contribution in [0.4, 0.5) is 18.3 Å². The summed E-state index contributed by atoms with van der Waals surface area (Å²) < 4.78 is 37.7. The van der Waals surface area contributed by atoms with E-state index in [1.807, 2.05) is 0 Å². The molecule has 25 heavy (non-hydrogen) atoms. The summed E-state index contributed by atoms with van der Waals surface area (Å²) in [6, 6.07) is 5.09. The van der Waals surface area contributed by atoms with E-state index >= 15 is 0 Å². The molecule has 0 bridgehead atoms. The van der Waals surface area contributed by atoms with Crippen LogP contribution in [0, 0.1) is 5.92 Å². The number of alkyl halides is 3. The average molecular weight is 369 g/mol. The van der Waals surface area contributed by atoms with E-state index in [4.69, 9.17) is 0 Å². The molecule has 0 unspecified atom stereocenters. The molecule has 2 heterocycles. The topological polar surface area (TPSA) is 54.0 Å². The van der Waals surface area contributed by atoms with E-state index in [1.54, 1.807) is 6.20 Å². The summed E-state index contributed by atoms with van der Waals surface area (Å²) in [5.74, 6) is 0.315. The highest BCUT2D eigenvalue weighted by Crippen LogP contribution is 2.30. The Kier molecular flexibility index (Phi) is 5.39. The predicted molar refractivity (Wildman–Crippen MR) is 90.6 cm³/mol. The summed E-state index contributed by atoms with van der Waals surface area (Å²) >= 11 is 1.34. The van der Waals surface area contributed by atoms with Crippen LogP contribution < -0.4 is 10.6 Å². The normalized spacial score (nSPS) is 17.6. The number of nitrogens with one attached hydrogen (secondary N) is 2. The van der Waals surface area contributed by atoms with Gasteiger partial charge < -0.3 is 10.6 Å². The molecule has 3 rings (SSSR count). The van der Waals surface area contributed by atoms with Gasteiger partial charge in [0.05, 0.1) is 5.56 Å². The van der Waals surface area contributed by atoms with Gasteiger partial charge >= 0.3 is 6.18 Å². The largest absolute Gasteiger partial charge is 0.416 e. The minimum atomic E-state index is -4.32. The second-order valence-corrected chi connectivity index (χ2v) is 7.23. The second kappa shape index (κ2) is 7.53. The quantitative estimate of drug-likeness (QED) is 0.845. The van der Waals surface area contributed by atoms with E-state index < -0.39 is 11.7 Å². The lowest BCUT2D eigenvalue weighted by atomic mass is 10.1. The first-order valence-corrected chi connectivity index (χ1v) is 8.83.